The summed E-state index contributed by atoms with van der Waals surface area (Å²) in [5.41, 5.74) is 0.945. The standard InChI is InChI=1S/C17H22BrFO2/c18-11-13-5-4-6-15(19)16(13)20-12-14-7-10-17(21-14)8-2-1-3-9-17/h4-6,14H,1-3,7-12H2. The first-order chi connectivity index (χ1) is 10.2. The SMILES string of the molecule is Fc1cccc(CBr)c1OCC1CCC2(CCCCC2)O1. The first-order valence-corrected chi connectivity index (χ1v) is 8.99. The van der Waals surface area contributed by atoms with E-state index < -0.39 is 0 Å². The predicted octanol–water partition coefficient (Wildman–Crippen LogP) is 4.98. The van der Waals surface area contributed by atoms with Crippen LogP contribution < -0.4 is 4.74 Å². The maximum absolute atomic E-state index is 13.9. The molecule has 1 unspecified atom stereocenters. The summed E-state index contributed by atoms with van der Waals surface area (Å²) in [5.74, 6) is 0.0693. The lowest BCUT2D eigenvalue weighted by Gasteiger charge is -2.33. The van der Waals surface area contributed by atoms with Crippen LogP contribution in [0.5, 0.6) is 5.75 Å². The van der Waals surface area contributed by atoms with Crippen molar-refractivity contribution >= 4 is 15.9 Å². The Morgan fingerprint density at radius 3 is 2.81 bits per heavy atom. The minimum Gasteiger partial charge on any atom is -0.487 e. The largest absolute Gasteiger partial charge is 0.487 e. The molecule has 21 heavy (non-hydrogen) atoms. The second-order valence-electron chi connectivity index (χ2n) is 6.19. The highest BCUT2D eigenvalue weighted by Crippen LogP contribution is 2.42. The molecule has 1 atom stereocenters. The van der Waals surface area contributed by atoms with Gasteiger partial charge in [-0.3, -0.25) is 0 Å². The maximum Gasteiger partial charge on any atom is 0.165 e. The Bertz CT molecular complexity index is 486. The van der Waals surface area contributed by atoms with Crippen LogP contribution >= 0.6 is 15.9 Å². The Morgan fingerprint density at radius 2 is 2.05 bits per heavy atom. The van der Waals surface area contributed by atoms with Crippen LogP contribution in [0, 0.1) is 5.82 Å². The fraction of sp³-hybridized carbons (Fsp3) is 0.647. The maximum atomic E-state index is 13.9. The normalized spacial score (nSPS) is 24.4. The van der Waals surface area contributed by atoms with Gasteiger partial charge in [-0.25, -0.2) is 4.39 Å². The van der Waals surface area contributed by atoms with Crippen LogP contribution in [0.3, 0.4) is 0 Å². The molecule has 3 rings (SSSR count). The Labute approximate surface area is 134 Å². The first kappa shape index (κ1) is 15.3. The lowest BCUT2D eigenvalue weighted by molar-refractivity contribution is -0.0751. The second kappa shape index (κ2) is 6.66. The van der Waals surface area contributed by atoms with Crippen molar-refractivity contribution in [3.8, 4) is 5.75 Å². The highest BCUT2D eigenvalue weighted by molar-refractivity contribution is 9.08. The summed E-state index contributed by atoms with van der Waals surface area (Å²) < 4.78 is 25.9. The van der Waals surface area contributed by atoms with Gasteiger partial charge in [0.15, 0.2) is 11.6 Å². The van der Waals surface area contributed by atoms with Gasteiger partial charge in [0.2, 0.25) is 0 Å². The zero-order valence-electron chi connectivity index (χ0n) is 12.2. The summed E-state index contributed by atoms with van der Waals surface area (Å²) in [6.45, 7) is 0.447. The molecule has 1 spiro atoms. The molecular formula is C17H22BrFO2. The van der Waals surface area contributed by atoms with Gasteiger partial charge in [0, 0.05) is 10.9 Å². The van der Waals surface area contributed by atoms with E-state index in [0.717, 1.165) is 18.4 Å². The van der Waals surface area contributed by atoms with Gasteiger partial charge in [0.05, 0.1) is 11.7 Å². The summed E-state index contributed by atoms with van der Waals surface area (Å²) in [7, 11) is 0. The number of hydrogen-bond acceptors (Lipinski definition) is 2. The molecule has 2 nitrogen and oxygen atoms in total. The molecule has 1 aliphatic carbocycles. The van der Waals surface area contributed by atoms with E-state index in [1.165, 1.54) is 38.2 Å². The van der Waals surface area contributed by atoms with E-state index in [-0.39, 0.29) is 17.5 Å². The summed E-state index contributed by atoms with van der Waals surface area (Å²) in [6, 6.07) is 5.03. The Balaban J connectivity index is 1.59. The number of ether oxygens (including phenoxy) is 2. The lowest BCUT2D eigenvalue weighted by atomic mass is 9.83. The minimum atomic E-state index is -0.294. The molecule has 0 N–H and O–H groups in total. The molecule has 2 fully saturated rings. The Hall–Kier alpha value is -0.610. The lowest BCUT2D eigenvalue weighted by Crippen LogP contribution is -2.33. The molecule has 4 heteroatoms. The molecule has 0 bridgehead atoms. The number of hydrogen-bond donors (Lipinski definition) is 0. The van der Waals surface area contributed by atoms with Crippen LogP contribution in [-0.2, 0) is 10.1 Å². The van der Waals surface area contributed by atoms with E-state index in [1.807, 2.05) is 6.07 Å². The predicted molar refractivity (Wildman–Crippen MR) is 84.4 cm³/mol. The molecule has 0 aromatic heterocycles. The zero-order valence-corrected chi connectivity index (χ0v) is 13.8. The van der Waals surface area contributed by atoms with E-state index in [9.17, 15) is 4.39 Å². The first-order valence-electron chi connectivity index (χ1n) is 7.86. The van der Waals surface area contributed by atoms with Gasteiger partial charge in [0.1, 0.15) is 6.61 Å². The van der Waals surface area contributed by atoms with E-state index in [2.05, 4.69) is 15.9 Å². The minimum absolute atomic E-state index is 0.0970. The summed E-state index contributed by atoms with van der Waals surface area (Å²) in [5, 5.41) is 0.593. The number of halogens is 2. The van der Waals surface area contributed by atoms with E-state index in [1.54, 1.807) is 6.07 Å². The summed E-state index contributed by atoms with van der Waals surface area (Å²) in [6.07, 6.45) is 8.48. The molecule has 1 aromatic rings. The van der Waals surface area contributed by atoms with Gasteiger partial charge in [-0.05, 0) is 31.7 Å². The van der Waals surface area contributed by atoms with Gasteiger partial charge < -0.3 is 9.47 Å². The third kappa shape index (κ3) is 3.42. The monoisotopic (exact) mass is 356 g/mol. The van der Waals surface area contributed by atoms with Crippen molar-refractivity contribution in [3.63, 3.8) is 0 Å². The van der Waals surface area contributed by atoms with Gasteiger partial charge >= 0.3 is 0 Å². The molecule has 0 amide bonds. The third-order valence-corrected chi connectivity index (χ3v) is 5.31. The van der Waals surface area contributed by atoms with Crippen LogP contribution in [0.15, 0.2) is 18.2 Å². The third-order valence-electron chi connectivity index (χ3n) is 4.71. The van der Waals surface area contributed by atoms with Crippen LogP contribution in [-0.4, -0.2) is 18.3 Å². The van der Waals surface area contributed by atoms with Crippen LogP contribution in [0.2, 0.25) is 0 Å². The molecule has 1 aromatic carbocycles. The second-order valence-corrected chi connectivity index (χ2v) is 6.76. The molecular weight excluding hydrogens is 335 g/mol. The quantitative estimate of drug-likeness (QED) is 0.708. The van der Waals surface area contributed by atoms with Crippen molar-refractivity contribution in [2.24, 2.45) is 0 Å². The number of benzene rings is 1. The molecule has 1 saturated carbocycles. The fourth-order valence-corrected chi connectivity index (χ4v) is 4.01. The molecule has 1 aliphatic heterocycles. The molecule has 2 aliphatic rings. The van der Waals surface area contributed by atoms with E-state index >= 15 is 0 Å². The molecule has 0 radical (unpaired) electrons. The fourth-order valence-electron chi connectivity index (χ4n) is 3.57. The van der Waals surface area contributed by atoms with Crippen molar-refractivity contribution < 1.29 is 13.9 Å². The van der Waals surface area contributed by atoms with Gasteiger partial charge in [-0.2, -0.15) is 0 Å². The molecule has 116 valence electrons. The Kier molecular flexibility index (Phi) is 4.85. The number of para-hydroxylation sites is 1. The average Bonchev–Trinajstić information content (AvgIpc) is 2.89. The summed E-state index contributed by atoms with van der Waals surface area (Å²) >= 11 is 3.38. The topological polar surface area (TPSA) is 18.5 Å². The zero-order chi connectivity index (χ0) is 14.7. The van der Waals surface area contributed by atoms with Crippen molar-refractivity contribution in [1.82, 2.24) is 0 Å². The number of alkyl halides is 1. The van der Waals surface area contributed by atoms with Gasteiger partial charge in [-0.15, -0.1) is 0 Å². The molecule has 1 saturated heterocycles. The average molecular weight is 357 g/mol. The van der Waals surface area contributed by atoms with Crippen LogP contribution in [0.25, 0.3) is 0 Å². The van der Waals surface area contributed by atoms with Crippen LogP contribution in [0.4, 0.5) is 4.39 Å². The summed E-state index contributed by atoms with van der Waals surface area (Å²) in [4.78, 5) is 0. The highest BCUT2D eigenvalue weighted by atomic mass is 79.9. The van der Waals surface area contributed by atoms with Gasteiger partial charge in [0.25, 0.3) is 0 Å². The molecule has 1 heterocycles. The van der Waals surface area contributed by atoms with E-state index in [4.69, 9.17) is 9.47 Å². The van der Waals surface area contributed by atoms with Crippen molar-refractivity contribution in [3.05, 3.63) is 29.6 Å². The smallest absolute Gasteiger partial charge is 0.165 e. The van der Waals surface area contributed by atoms with Crippen molar-refractivity contribution in [2.75, 3.05) is 6.61 Å². The van der Waals surface area contributed by atoms with Crippen molar-refractivity contribution in [1.29, 1.82) is 0 Å². The van der Waals surface area contributed by atoms with E-state index in [0.29, 0.717) is 17.7 Å². The number of rotatable bonds is 4. The van der Waals surface area contributed by atoms with Gasteiger partial charge in [-0.1, -0.05) is 47.3 Å². The van der Waals surface area contributed by atoms with Crippen LogP contribution in [0.1, 0.15) is 50.5 Å². The van der Waals surface area contributed by atoms with Crippen molar-refractivity contribution in [2.45, 2.75) is 62.0 Å². The highest BCUT2D eigenvalue weighted by Gasteiger charge is 2.41. The Morgan fingerprint density at radius 1 is 1.24 bits per heavy atom.